The summed E-state index contributed by atoms with van der Waals surface area (Å²) in [5, 5.41) is 6.87. The zero-order valence-electron chi connectivity index (χ0n) is 6.18. The molecule has 0 amide bonds. The molecule has 2 aromatic rings. The first-order valence-corrected chi connectivity index (χ1v) is 4.06. The Bertz CT molecular complexity index is 501. The van der Waals surface area contributed by atoms with E-state index in [9.17, 15) is 4.39 Å². The summed E-state index contributed by atoms with van der Waals surface area (Å²) >= 11 is 0.935. The van der Waals surface area contributed by atoms with E-state index in [4.69, 9.17) is 5.53 Å². The Morgan fingerprint density at radius 1 is 1.54 bits per heavy atom. The third-order valence-electron chi connectivity index (χ3n) is 1.49. The molecule has 7 heteroatoms. The summed E-state index contributed by atoms with van der Waals surface area (Å²) in [6.45, 7) is 0. The summed E-state index contributed by atoms with van der Waals surface area (Å²) in [5.41, 5.74) is 8.58. The van der Waals surface area contributed by atoms with E-state index in [1.54, 1.807) is 6.07 Å². The van der Waals surface area contributed by atoms with Crippen LogP contribution in [0.4, 0.5) is 10.1 Å². The molecule has 0 aliphatic carbocycles. The number of nitrogens with zero attached hydrogens (tertiary/aromatic N) is 5. The number of hydrogen-bond acceptors (Lipinski definition) is 4. The second-order valence-electron chi connectivity index (χ2n) is 2.21. The van der Waals surface area contributed by atoms with Crippen molar-refractivity contribution in [3.05, 3.63) is 28.4 Å². The van der Waals surface area contributed by atoms with Crippen molar-refractivity contribution in [2.45, 2.75) is 0 Å². The molecule has 1 aromatic heterocycles. The average Bonchev–Trinajstić information content (AvgIpc) is 2.58. The first-order valence-electron chi connectivity index (χ1n) is 3.28. The Morgan fingerprint density at radius 3 is 3.15 bits per heavy atom. The minimum atomic E-state index is -0.565. The summed E-state index contributed by atoms with van der Waals surface area (Å²) in [4.78, 5) is 2.51. The highest BCUT2D eigenvalue weighted by molar-refractivity contribution is 7.13. The lowest BCUT2D eigenvalue weighted by molar-refractivity contribution is 0.643. The van der Waals surface area contributed by atoms with Crippen molar-refractivity contribution < 1.29 is 4.39 Å². The number of fused-ring (bicyclic) bond motifs is 1. The number of rotatable bonds is 1. The first-order chi connectivity index (χ1) is 6.33. The molecule has 0 unspecified atom stereocenters. The van der Waals surface area contributed by atoms with Crippen molar-refractivity contribution in [1.29, 1.82) is 0 Å². The Balaban J connectivity index is 2.80. The predicted molar refractivity (Wildman–Crippen MR) is 46.2 cm³/mol. The van der Waals surface area contributed by atoms with Gasteiger partial charge in [-0.1, -0.05) is 9.60 Å². The van der Waals surface area contributed by atoms with Crippen LogP contribution in [0.15, 0.2) is 17.2 Å². The van der Waals surface area contributed by atoms with E-state index in [2.05, 4.69) is 19.6 Å². The number of benzene rings is 1. The van der Waals surface area contributed by atoms with Crippen molar-refractivity contribution in [1.82, 2.24) is 9.59 Å². The molecule has 1 aromatic carbocycles. The Hall–Kier alpha value is -1.72. The zero-order chi connectivity index (χ0) is 9.26. The van der Waals surface area contributed by atoms with Gasteiger partial charge in [0, 0.05) is 4.91 Å². The van der Waals surface area contributed by atoms with Gasteiger partial charge in [-0.3, -0.25) is 0 Å². The molecule has 0 spiro atoms. The molecule has 0 saturated heterocycles. The topological polar surface area (TPSA) is 74.5 Å². The maximum atomic E-state index is 13.4. The normalized spacial score (nSPS) is 9.92. The average molecular weight is 195 g/mol. The fraction of sp³-hybridized carbons (Fsp3) is 0. The Labute approximate surface area is 75.6 Å². The van der Waals surface area contributed by atoms with Crippen LogP contribution in [0.5, 0.6) is 0 Å². The van der Waals surface area contributed by atoms with Gasteiger partial charge >= 0.3 is 0 Å². The van der Waals surface area contributed by atoms with Gasteiger partial charge in [0.25, 0.3) is 0 Å². The van der Waals surface area contributed by atoms with Crippen LogP contribution in [0, 0.1) is 5.82 Å². The highest BCUT2D eigenvalue weighted by atomic mass is 32.1. The number of aromatic nitrogens is 2. The van der Waals surface area contributed by atoms with Gasteiger partial charge in [-0.15, -0.1) is 5.10 Å². The molecule has 0 N–H and O–H groups in total. The molecule has 0 aliphatic rings. The van der Waals surface area contributed by atoms with E-state index in [-0.39, 0.29) is 5.69 Å². The maximum Gasteiger partial charge on any atom is 0.153 e. The molecular weight excluding hydrogens is 193 g/mol. The minimum absolute atomic E-state index is 0.0268. The fourth-order valence-electron chi connectivity index (χ4n) is 0.932. The van der Waals surface area contributed by atoms with E-state index in [0.29, 0.717) is 10.2 Å². The smallest absolute Gasteiger partial charge is 0.153 e. The van der Waals surface area contributed by atoms with Gasteiger partial charge < -0.3 is 0 Å². The molecule has 0 fully saturated rings. The van der Waals surface area contributed by atoms with Crippen LogP contribution in [0.3, 0.4) is 0 Å². The molecule has 64 valence electrons. The van der Waals surface area contributed by atoms with Gasteiger partial charge in [-0.2, -0.15) is 0 Å². The van der Waals surface area contributed by atoms with Crippen LogP contribution in [-0.4, -0.2) is 9.59 Å². The highest BCUT2D eigenvalue weighted by Crippen LogP contribution is 2.27. The SMILES string of the molecule is [N-]=[N+]=Nc1ccc2nnsc2c1F. The monoisotopic (exact) mass is 195 g/mol. The number of hydrogen-bond donors (Lipinski definition) is 0. The molecular formula is C6H2FN5S. The first kappa shape index (κ1) is 7.90. The Morgan fingerprint density at radius 2 is 2.38 bits per heavy atom. The summed E-state index contributed by atoms with van der Waals surface area (Å²) in [6.07, 6.45) is 0. The van der Waals surface area contributed by atoms with Gasteiger partial charge in [0.05, 0.1) is 5.69 Å². The van der Waals surface area contributed by atoms with Gasteiger partial charge in [0.15, 0.2) is 5.82 Å². The van der Waals surface area contributed by atoms with Crippen LogP contribution >= 0.6 is 11.5 Å². The fourth-order valence-corrected chi connectivity index (χ4v) is 1.53. The van der Waals surface area contributed by atoms with Gasteiger partial charge in [-0.25, -0.2) is 4.39 Å². The maximum absolute atomic E-state index is 13.4. The lowest BCUT2D eigenvalue weighted by Crippen LogP contribution is -1.75. The number of azide groups is 1. The van der Waals surface area contributed by atoms with Crippen molar-refractivity contribution in [3.8, 4) is 0 Å². The third-order valence-corrected chi connectivity index (χ3v) is 2.22. The van der Waals surface area contributed by atoms with Gasteiger partial charge in [-0.05, 0) is 29.2 Å². The van der Waals surface area contributed by atoms with E-state index in [1.807, 2.05) is 0 Å². The van der Waals surface area contributed by atoms with Crippen LogP contribution in [0.1, 0.15) is 0 Å². The summed E-state index contributed by atoms with van der Waals surface area (Å²) < 4.78 is 17.2. The van der Waals surface area contributed by atoms with E-state index >= 15 is 0 Å². The van der Waals surface area contributed by atoms with Gasteiger partial charge in [0.2, 0.25) is 0 Å². The van der Waals surface area contributed by atoms with Crippen molar-refractivity contribution in [2.75, 3.05) is 0 Å². The quantitative estimate of drug-likeness (QED) is 0.398. The largest absolute Gasteiger partial charge is 0.205 e. The lowest BCUT2D eigenvalue weighted by Gasteiger charge is -1.93. The van der Waals surface area contributed by atoms with Crippen LogP contribution in [-0.2, 0) is 0 Å². The number of halogens is 1. The lowest BCUT2D eigenvalue weighted by atomic mass is 10.3. The molecule has 0 bridgehead atoms. The molecule has 0 aliphatic heterocycles. The zero-order valence-corrected chi connectivity index (χ0v) is 6.99. The molecule has 13 heavy (non-hydrogen) atoms. The van der Waals surface area contributed by atoms with Crippen molar-refractivity contribution in [2.24, 2.45) is 5.11 Å². The molecule has 5 nitrogen and oxygen atoms in total. The summed E-state index contributed by atoms with van der Waals surface area (Å²) in [6, 6.07) is 2.94. The van der Waals surface area contributed by atoms with Crippen LogP contribution in [0.2, 0.25) is 0 Å². The van der Waals surface area contributed by atoms with Gasteiger partial charge in [0.1, 0.15) is 10.2 Å². The molecule has 0 saturated carbocycles. The Kier molecular flexibility index (Phi) is 1.80. The third kappa shape index (κ3) is 1.20. The molecule has 2 rings (SSSR count). The van der Waals surface area contributed by atoms with Crippen molar-refractivity contribution in [3.63, 3.8) is 0 Å². The van der Waals surface area contributed by atoms with Crippen LogP contribution < -0.4 is 0 Å². The second kappa shape index (κ2) is 2.96. The summed E-state index contributed by atoms with van der Waals surface area (Å²) in [5.74, 6) is -0.565. The second-order valence-corrected chi connectivity index (χ2v) is 2.96. The standard InChI is InChI=1S/C6H2FN5S/c7-5-3(9-11-8)1-2-4-6(5)13-12-10-4/h1-2H. The molecule has 1 heterocycles. The van der Waals surface area contributed by atoms with Crippen LogP contribution in [0.25, 0.3) is 20.7 Å². The predicted octanol–water partition coefficient (Wildman–Crippen LogP) is 2.77. The van der Waals surface area contributed by atoms with E-state index in [1.165, 1.54) is 6.07 Å². The highest BCUT2D eigenvalue weighted by Gasteiger charge is 2.08. The van der Waals surface area contributed by atoms with Crippen molar-refractivity contribution >= 4 is 27.4 Å². The molecule has 0 radical (unpaired) electrons. The van der Waals surface area contributed by atoms with E-state index in [0.717, 1.165) is 11.5 Å². The minimum Gasteiger partial charge on any atom is -0.205 e. The van der Waals surface area contributed by atoms with E-state index < -0.39 is 5.82 Å². The summed E-state index contributed by atoms with van der Waals surface area (Å²) in [7, 11) is 0. The molecule has 0 atom stereocenters.